The molecule has 2 fully saturated rings. The van der Waals surface area contributed by atoms with Crippen LogP contribution >= 0.6 is 0 Å². The van der Waals surface area contributed by atoms with Crippen molar-refractivity contribution in [3.8, 4) is 5.75 Å². The number of likely N-dealkylation sites (tertiary alicyclic amines) is 1. The van der Waals surface area contributed by atoms with E-state index in [1.165, 1.54) is 23.1 Å². The number of nitrogens with one attached hydrogen (secondary N) is 2. The molecule has 2 N–H and O–H groups in total. The van der Waals surface area contributed by atoms with Crippen LogP contribution in [0.1, 0.15) is 50.0 Å². The topological polar surface area (TPSA) is 83.1 Å². The monoisotopic (exact) mass is 519 g/mol. The number of H-pyrrole nitrogens is 1. The number of fused-ring (bicyclic) bond motifs is 3. The van der Waals surface area contributed by atoms with E-state index in [0.29, 0.717) is 25.6 Å². The van der Waals surface area contributed by atoms with Gasteiger partial charge in [-0.2, -0.15) is 0 Å². The van der Waals surface area contributed by atoms with E-state index in [4.69, 9.17) is 4.74 Å². The van der Waals surface area contributed by atoms with Gasteiger partial charge in [0.25, 0.3) is 0 Å². The number of piperidine rings is 1. The van der Waals surface area contributed by atoms with Crippen LogP contribution in [0.3, 0.4) is 0 Å². The summed E-state index contributed by atoms with van der Waals surface area (Å²) in [4.78, 5) is 27.1. The van der Waals surface area contributed by atoms with E-state index >= 15 is 0 Å². The predicted octanol–water partition coefficient (Wildman–Crippen LogP) is 5.92. The van der Waals surface area contributed by atoms with Crippen molar-refractivity contribution in [1.82, 2.24) is 25.2 Å². The number of amides is 2. The van der Waals surface area contributed by atoms with Crippen LogP contribution in [0.25, 0.3) is 21.9 Å². The molecule has 4 heterocycles. The number of halogens is 2. The van der Waals surface area contributed by atoms with Crippen molar-refractivity contribution >= 4 is 28.0 Å². The lowest BCUT2D eigenvalue weighted by atomic mass is 9.80. The molecule has 1 aromatic carbocycles. The van der Waals surface area contributed by atoms with Crippen molar-refractivity contribution in [3.63, 3.8) is 0 Å². The van der Waals surface area contributed by atoms with Gasteiger partial charge in [-0.05, 0) is 74.3 Å². The van der Waals surface area contributed by atoms with E-state index in [0.717, 1.165) is 61.1 Å². The summed E-state index contributed by atoms with van der Waals surface area (Å²) in [5.41, 5.74) is 3.11. The van der Waals surface area contributed by atoms with Crippen molar-refractivity contribution in [1.29, 1.82) is 0 Å². The number of aromatic nitrogens is 3. The number of carbonyl (C=O) groups is 1. The third kappa shape index (κ3) is 5.01. The van der Waals surface area contributed by atoms with Gasteiger partial charge >= 0.3 is 6.03 Å². The molecule has 4 aromatic rings. The van der Waals surface area contributed by atoms with Crippen LogP contribution in [-0.4, -0.2) is 51.6 Å². The molecular formula is C29H31F2N5O2. The van der Waals surface area contributed by atoms with E-state index < -0.39 is 11.6 Å². The van der Waals surface area contributed by atoms with Crippen LogP contribution in [0.15, 0.2) is 48.9 Å². The SMILES string of the molecule is O=C(NC1CCC(c2cc[nH]c3cnc4nccc4c23)CC1)N1CCCC(COc2ccc(F)cc2F)C1. The number of aromatic amines is 1. The quantitative estimate of drug-likeness (QED) is 0.343. The second-order valence-corrected chi connectivity index (χ2v) is 10.5. The molecule has 198 valence electrons. The summed E-state index contributed by atoms with van der Waals surface area (Å²) < 4.78 is 32.6. The summed E-state index contributed by atoms with van der Waals surface area (Å²) in [5, 5.41) is 5.53. The zero-order chi connectivity index (χ0) is 26.1. The molecule has 1 aliphatic heterocycles. The van der Waals surface area contributed by atoms with Gasteiger partial charge in [0.15, 0.2) is 17.2 Å². The summed E-state index contributed by atoms with van der Waals surface area (Å²) >= 11 is 0. The average Bonchev–Trinajstić information content (AvgIpc) is 3.42. The number of hydrogen-bond donors (Lipinski definition) is 2. The van der Waals surface area contributed by atoms with E-state index in [1.54, 1.807) is 6.20 Å². The molecule has 6 rings (SSSR count). The number of carbonyl (C=O) groups excluding carboxylic acids is 1. The van der Waals surface area contributed by atoms with Crippen LogP contribution in [0.2, 0.25) is 0 Å². The largest absolute Gasteiger partial charge is 0.490 e. The van der Waals surface area contributed by atoms with E-state index in [1.807, 2.05) is 23.4 Å². The first-order chi connectivity index (χ1) is 18.5. The van der Waals surface area contributed by atoms with Crippen molar-refractivity contribution in [2.45, 2.75) is 50.5 Å². The summed E-state index contributed by atoms with van der Waals surface area (Å²) in [5.74, 6) is -0.770. The first kappa shape index (κ1) is 24.6. The fourth-order valence-corrected chi connectivity index (χ4v) is 6.03. The Kier molecular flexibility index (Phi) is 6.82. The first-order valence-electron chi connectivity index (χ1n) is 13.4. The van der Waals surface area contributed by atoms with Gasteiger partial charge in [0, 0.05) is 54.3 Å². The van der Waals surface area contributed by atoms with Gasteiger partial charge in [0.1, 0.15) is 5.82 Å². The minimum absolute atomic E-state index is 0.0403. The lowest BCUT2D eigenvalue weighted by Crippen LogP contribution is -2.50. The first-order valence-corrected chi connectivity index (χ1v) is 13.4. The Labute approximate surface area is 219 Å². The molecule has 1 saturated carbocycles. The van der Waals surface area contributed by atoms with Gasteiger partial charge in [-0.3, -0.25) is 0 Å². The molecule has 0 spiro atoms. The van der Waals surface area contributed by atoms with Crippen LogP contribution in [0.5, 0.6) is 5.75 Å². The molecule has 1 unspecified atom stereocenters. The van der Waals surface area contributed by atoms with Crippen molar-refractivity contribution in [2.75, 3.05) is 19.7 Å². The molecular weight excluding hydrogens is 488 g/mol. The Morgan fingerprint density at radius 1 is 1.11 bits per heavy atom. The van der Waals surface area contributed by atoms with Gasteiger partial charge in [0.2, 0.25) is 0 Å². The third-order valence-corrected chi connectivity index (χ3v) is 7.99. The molecule has 2 aliphatic rings. The fourth-order valence-electron chi connectivity index (χ4n) is 6.03. The molecule has 1 saturated heterocycles. The van der Waals surface area contributed by atoms with Gasteiger partial charge in [-0.15, -0.1) is 0 Å². The molecule has 38 heavy (non-hydrogen) atoms. The Morgan fingerprint density at radius 3 is 2.82 bits per heavy atom. The van der Waals surface area contributed by atoms with Crippen molar-refractivity contribution in [3.05, 3.63) is 66.1 Å². The number of nitrogens with zero attached hydrogens (tertiary/aromatic N) is 3. The molecule has 0 bridgehead atoms. The highest BCUT2D eigenvalue weighted by Crippen LogP contribution is 2.38. The lowest BCUT2D eigenvalue weighted by Gasteiger charge is -2.35. The summed E-state index contributed by atoms with van der Waals surface area (Å²) in [7, 11) is 0. The maximum Gasteiger partial charge on any atom is 0.317 e. The van der Waals surface area contributed by atoms with Crippen LogP contribution in [-0.2, 0) is 0 Å². The zero-order valence-corrected chi connectivity index (χ0v) is 21.1. The number of ether oxygens (including phenoxy) is 1. The number of pyridine rings is 2. The highest BCUT2D eigenvalue weighted by Gasteiger charge is 2.29. The minimum Gasteiger partial charge on any atom is -0.490 e. The standard InChI is InChI=1S/C29H31F2N5O2/c30-20-5-8-26(24(31)14-20)38-17-18-2-1-13-36(16-18)29(37)35-21-6-3-19(4-7-21)22-9-11-32-25-15-34-28-23(27(22)25)10-12-33-28/h5,8-12,14-15,18-19,21,32H,1-4,6-7,13,16-17H2,(H,35,37). The second-order valence-electron chi connectivity index (χ2n) is 10.5. The molecule has 7 nitrogen and oxygen atoms in total. The lowest BCUT2D eigenvalue weighted by molar-refractivity contribution is 0.132. The minimum atomic E-state index is -0.708. The molecule has 0 radical (unpaired) electrons. The number of hydrogen-bond acceptors (Lipinski definition) is 4. The maximum atomic E-state index is 13.9. The van der Waals surface area contributed by atoms with Gasteiger partial charge in [-0.25, -0.2) is 23.5 Å². The fraction of sp³-hybridized carbons (Fsp3) is 0.414. The molecule has 3 aromatic heterocycles. The van der Waals surface area contributed by atoms with E-state index in [9.17, 15) is 13.6 Å². The average molecular weight is 520 g/mol. The molecule has 2 amide bonds. The van der Waals surface area contributed by atoms with Gasteiger partial charge < -0.3 is 19.9 Å². The number of rotatable bonds is 5. The number of urea groups is 1. The summed E-state index contributed by atoms with van der Waals surface area (Å²) in [6.07, 6.45) is 11.3. The maximum absolute atomic E-state index is 13.9. The smallest absolute Gasteiger partial charge is 0.317 e. The van der Waals surface area contributed by atoms with Gasteiger partial charge in [-0.1, -0.05) is 0 Å². The highest BCUT2D eigenvalue weighted by atomic mass is 19.1. The van der Waals surface area contributed by atoms with E-state index in [2.05, 4.69) is 26.3 Å². The van der Waals surface area contributed by atoms with Gasteiger partial charge in [0.05, 0.1) is 18.3 Å². The van der Waals surface area contributed by atoms with Crippen LogP contribution in [0.4, 0.5) is 13.6 Å². The Bertz CT molecular complexity index is 1450. The van der Waals surface area contributed by atoms with Crippen LogP contribution in [0, 0.1) is 17.6 Å². The van der Waals surface area contributed by atoms with E-state index in [-0.39, 0.29) is 23.7 Å². The Morgan fingerprint density at radius 2 is 1.97 bits per heavy atom. The Balaban J connectivity index is 1.03. The predicted molar refractivity (Wildman–Crippen MR) is 141 cm³/mol. The Hall–Kier alpha value is -3.75. The number of benzene rings is 1. The summed E-state index contributed by atoms with van der Waals surface area (Å²) in [6, 6.07) is 7.62. The third-order valence-electron chi connectivity index (χ3n) is 7.99. The molecule has 1 aliphatic carbocycles. The van der Waals surface area contributed by atoms with Crippen LogP contribution < -0.4 is 10.1 Å². The zero-order valence-electron chi connectivity index (χ0n) is 21.1. The molecule has 9 heteroatoms. The normalized spacial score (nSPS) is 22.1. The highest BCUT2D eigenvalue weighted by molar-refractivity contribution is 6.05. The molecule has 1 atom stereocenters. The van der Waals surface area contributed by atoms with Crippen molar-refractivity contribution in [2.24, 2.45) is 5.92 Å². The second kappa shape index (κ2) is 10.6. The van der Waals surface area contributed by atoms with Crippen molar-refractivity contribution < 1.29 is 18.3 Å². The summed E-state index contributed by atoms with van der Waals surface area (Å²) in [6.45, 7) is 1.56.